The fraction of sp³-hybridized carbons (Fsp3) is 0.400. The van der Waals surface area contributed by atoms with Crippen molar-refractivity contribution in [2.24, 2.45) is 5.84 Å². The number of aromatic amines is 1. The molecule has 0 saturated carbocycles. The van der Waals surface area contributed by atoms with Gasteiger partial charge in [0.25, 0.3) is 0 Å². The molecule has 6 N–H and O–H groups in total. The summed E-state index contributed by atoms with van der Waals surface area (Å²) in [6.07, 6.45) is 3.05. The van der Waals surface area contributed by atoms with Gasteiger partial charge in [-0.1, -0.05) is 0 Å². The van der Waals surface area contributed by atoms with Gasteiger partial charge in [-0.3, -0.25) is 15.3 Å². The summed E-state index contributed by atoms with van der Waals surface area (Å²) in [6.45, 7) is 0.604. The summed E-state index contributed by atoms with van der Waals surface area (Å²) in [4.78, 5) is 19.5. The molecule has 100 valence electrons. The van der Waals surface area contributed by atoms with E-state index in [9.17, 15) is 4.79 Å². The van der Waals surface area contributed by atoms with Crippen LogP contribution in [0.3, 0.4) is 0 Å². The Morgan fingerprint density at radius 3 is 3.11 bits per heavy atom. The molecule has 3 heterocycles. The van der Waals surface area contributed by atoms with Crippen molar-refractivity contribution < 1.29 is 4.79 Å². The molecule has 0 spiro atoms. The number of carbonyl (C=O) groups excluding carboxylic acids is 1. The second kappa shape index (κ2) is 4.69. The number of amides is 1. The first-order chi connectivity index (χ1) is 9.26. The molecule has 1 fully saturated rings. The van der Waals surface area contributed by atoms with Crippen LogP contribution >= 0.6 is 0 Å². The first kappa shape index (κ1) is 11.7. The number of hydrogen-bond donors (Lipinski definition) is 5. The summed E-state index contributed by atoms with van der Waals surface area (Å²) in [6, 6.07) is 0.124. The first-order valence-corrected chi connectivity index (χ1v) is 5.97. The Kier molecular flexibility index (Phi) is 2.88. The predicted molar refractivity (Wildman–Crippen MR) is 69.1 cm³/mol. The lowest BCUT2D eigenvalue weighted by molar-refractivity contribution is -0.119. The molecule has 2 aromatic rings. The van der Waals surface area contributed by atoms with E-state index in [2.05, 4.69) is 36.2 Å². The van der Waals surface area contributed by atoms with Crippen LogP contribution in [0.2, 0.25) is 0 Å². The van der Waals surface area contributed by atoms with Crippen LogP contribution in [0.1, 0.15) is 12.8 Å². The fourth-order valence-corrected chi connectivity index (χ4v) is 2.08. The summed E-state index contributed by atoms with van der Waals surface area (Å²) in [5.74, 6) is 6.34. The zero-order chi connectivity index (χ0) is 13.2. The highest BCUT2D eigenvalue weighted by Gasteiger charge is 2.20. The van der Waals surface area contributed by atoms with Crippen molar-refractivity contribution >= 4 is 28.7 Å². The molecule has 1 atom stereocenters. The number of nitrogen functional groups attached to an aromatic ring is 1. The second-order valence-corrected chi connectivity index (χ2v) is 4.36. The minimum atomic E-state index is 0.0901. The molecule has 1 amide bonds. The van der Waals surface area contributed by atoms with E-state index in [0.717, 1.165) is 11.8 Å². The van der Waals surface area contributed by atoms with Gasteiger partial charge < -0.3 is 10.6 Å². The lowest BCUT2D eigenvalue weighted by atomic mass is 10.2. The van der Waals surface area contributed by atoms with E-state index < -0.39 is 0 Å². The number of aromatic nitrogens is 4. The van der Waals surface area contributed by atoms with Crippen molar-refractivity contribution in [3.8, 4) is 0 Å². The molecule has 2 aromatic heterocycles. The Morgan fingerprint density at radius 1 is 1.47 bits per heavy atom. The van der Waals surface area contributed by atoms with Crippen LogP contribution in [0, 0.1) is 0 Å². The van der Waals surface area contributed by atoms with Gasteiger partial charge in [0.05, 0.1) is 11.6 Å². The number of H-pyrrole nitrogens is 1. The van der Waals surface area contributed by atoms with Gasteiger partial charge in [0.2, 0.25) is 11.9 Å². The number of hydrazine groups is 1. The Bertz CT molecular complexity index is 609. The second-order valence-electron chi connectivity index (χ2n) is 4.36. The maximum absolute atomic E-state index is 11.1. The quantitative estimate of drug-likeness (QED) is 0.364. The number of nitrogens with one attached hydrogen (secondary N) is 4. The number of fused-ring (bicyclic) bond motifs is 1. The molecule has 1 aliphatic heterocycles. The molecule has 1 saturated heterocycles. The molecular weight excluding hydrogens is 248 g/mol. The van der Waals surface area contributed by atoms with E-state index in [1.807, 2.05) is 0 Å². The zero-order valence-electron chi connectivity index (χ0n) is 10.1. The number of nitrogens with two attached hydrogens (primary N) is 1. The SMILES string of the molecule is NNc1nc(NCC2CCC(=O)N2)c2cn[nH]c2n1. The van der Waals surface area contributed by atoms with E-state index in [-0.39, 0.29) is 11.9 Å². The van der Waals surface area contributed by atoms with Crippen LogP contribution in [0.15, 0.2) is 6.20 Å². The third-order valence-corrected chi connectivity index (χ3v) is 3.04. The topological polar surface area (TPSA) is 134 Å². The van der Waals surface area contributed by atoms with E-state index in [0.29, 0.717) is 30.4 Å². The lowest BCUT2D eigenvalue weighted by Gasteiger charge is -2.12. The summed E-state index contributed by atoms with van der Waals surface area (Å²) in [5.41, 5.74) is 3.00. The van der Waals surface area contributed by atoms with Gasteiger partial charge in [0.1, 0.15) is 5.82 Å². The van der Waals surface area contributed by atoms with Crippen molar-refractivity contribution in [1.29, 1.82) is 0 Å². The number of anilines is 2. The maximum atomic E-state index is 11.1. The first-order valence-electron chi connectivity index (χ1n) is 5.97. The lowest BCUT2D eigenvalue weighted by Crippen LogP contribution is -2.32. The predicted octanol–water partition coefficient (Wildman–Crippen LogP) is -0.671. The smallest absolute Gasteiger partial charge is 0.241 e. The van der Waals surface area contributed by atoms with Crippen LogP contribution < -0.4 is 21.9 Å². The highest BCUT2D eigenvalue weighted by atomic mass is 16.1. The molecule has 0 aliphatic carbocycles. The summed E-state index contributed by atoms with van der Waals surface area (Å²) < 4.78 is 0. The molecule has 0 radical (unpaired) electrons. The molecule has 0 aromatic carbocycles. The number of hydrogen-bond acceptors (Lipinski definition) is 7. The highest BCUT2D eigenvalue weighted by Crippen LogP contribution is 2.20. The van der Waals surface area contributed by atoms with Crippen LogP contribution in [0.5, 0.6) is 0 Å². The average Bonchev–Trinajstić information content (AvgIpc) is 3.04. The summed E-state index contributed by atoms with van der Waals surface area (Å²) >= 11 is 0. The molecule has 3 rings (SSSR count). The third-order valence-electron chi connectivity index (χ3n) is 3.04. The van der Waals surface area contributed by atoms with Crippen molar-refractivity contribution in [3.05, 3.63) is 6.20 Å². The molecule has 1 aliphatic rings. The summed E-state index contributed by atoms with van der Waals surface area (Å²) in [5, 5.41) is 13.5. The van der Waals surface area contributed by atoms with Crippen molar-refractivity contribution in [2.45, 2.75) is 18.9 Å². The maximum Gasteiger partial charge on any atom is 0.241 e. The van der Waals surface area contributed by atoms with Crippen molar-refractivity contribution in [3.63, 3.8) is 0 Å². The van der Waals surface area contributed by atoms with Gasteiger partial charge in [0, 0.05) is 19.0 Å². The van der Waals surface area contributed by atoms with E-state index in [1.165, 1.54) is 0 Å². The van der Waals surface area contributed by atoms with Gasteiger partial charge in [-0.15, -0.1) is 0 Å². The Labute approximate surface area is 108 Å². The molecule has 1 unspecified atom stereocenters. The van der Waals surface area contributed by atoms with Gasteiger partial charge in [-0.05, 0) is 6.42 Å². The van der Waals surface area contributed by atoms with Crippen LogP contribution in [-0.4, -0.2) is 38.7 Å². The number of nitrogens with zero attached hydrogens (tertiary/aromatic N) is 3. The Hall–Kier alpha value is -2.42. The average molecular weight is 262 g/mol. The third kappa shape index (κ3) is 2.27. The molecule has 9 nitrogen and oxygen atoms in total. The van der Waals surface area contributed by atoms with Gasteiger partial charge in [0.15, 0.2) is 5.65 Å². The Balaban J connectivity index is 1.79. The minimum Gasteiger partial charge on any atom is -0.367 e. The van der Waals surface area contributed by atoms with Crippen molar-refractivity contribution in [2.75, 3.05) is 17.3 Å². The minimum absolute atomic E-state index is 0.0901. The highest BCUT2D eigenvalue weighted by molar-refractivity contribution is 5.87. The number of carbonyl (C=O) groups is 1. The molecular formula is C10H14N8O. The zero-order valence-corrected chi connectivity index (χ0v) is 10.1. The van der Waals surface area contributed by atoms with Crippen molar-refractivity contribution in [1.82, 2.24) is 25.5 Å². The van der Waals surface area contributed by atoms with E-state index in [4.69, 9.17) is 5.84 Å². The molecule has 0 bridgehead atoms. The van der Waals surface area contributed by atoms with E-state index >= 15 is 0 Å². The van der Waals surface area contributed by atoms with Gasteiger partial charge >= 0.3 is 0 Å². The standard InChI is InChI=1S/C10H14N8O/c11-17-10-15-8(6-4-13-18-9(6)16-10)12-3-5-1-2-7(19)14-5/h4-5H,1-3,11H2,(H,14,19)(H3,12,13,15,16,17,18). The molecule has 9 heteroatoms. The van der Waals surface area contributed by atoms with Gasteiger partial charge in [-0.25, -0.2) is 5.84 Å². The molecule has 19 heavy (non-hydrogen) atoms. The normalized spacial score (nSPS) is 18.6. The van der Waals surface area contributed by atoms with Crippen LogP contribution in [-0.2, 0) is 4.79 Å². The monoisotopic (exact) mass is 262 g/mol. The summed E-state index contributed by atoms with van der Waals surface area (Å²) in [7, 11) is 0. The van der Waals surface area contributed by atoms with Gasteiger partial charge in [-0.2, -0.15) is 15.1 Å². The largest absolute Gasteiger partial charge is 0.367 e. The van der Waals surface area contributed by atoms with E-state index in [1.54, 1.807) is 6.20 Å². The fourth-order valence-electron chi connectivity index (χ4n) is 2.08. The Morgan fingerprint density at radius 2 is 2.37 bits per heavy atom. The van der Waals surface area contributed by atoms with Crippen LogP contribution in [0.25, 0.3) is 11.0 Å². The number of rotatable bonds is 4. The van der Waals surface area contributed by atoms with Crippen LogP contribution in [0.4, 0.5) is 11.8 Å².